The van der Waals surface area contributed by atoms with Gasteiger partial charge in [-0.15, -0.1) is 11.3 Å². The number of carbonyl (C=O) groups excluding carboxylic acids is 1. The maximum absolute atomic E-state index is 11.7. The first-order valence-electron chi connectivity index (χ1n) is 5.79. The van der Waals surface area contributed by atoms with E-state index in [1.165, 1.54) is 23.1 Å². The van der Waals surface area contributed by atoms with Crippen molar-refractivity contribution in [1.29, 1.82) is 0 Å². The van der Waals surface area contributed by atoms with Crippen molar-refractivity contribution in [3.8, 4) is 0 Å². The van der Waals surface area contributed by atoms with Gasteiger partial charge in [0.15, 0.2) is 4.34 Å². The standard InChI is InChI=1S/C12H18N2O3S2/c1-7-8(5-10(16)17)19-11(13-7)18-6-9(15)14-12(2,3)4/h5-6H2,1-4H3,(H,14,15)(H,16,17). The fourth-order valence-corrected chi connectivity index (χ4v) is 3.37. The molecule has 0 aromatic carbocycles. The molecule has 5 nitrogen and oxygen atoms in total. The van der Waals surface area contributed by atoms with E-state index in [1.54, 1.807) is 6.92 Å². The van der Waals surface area contributed by atoms with E-state index in [0.29, 0.717) is 0 Å². The first-order chi connectivity index (χ1) is 8.67. The number of carbonyl (C=O) groups is 2. The van der Waals surface area contributed by atoms with Crippen molar-refractivity contribution >= 4 is 35.0 Å². The zero-order chi connectivity index (χ0) is 14.6. The third kappa shape index (κ3) is 6.07. The summed E-state index contributed by atoms with van der Waals surface area (Å²) in [5, 5.41) is 11.6. The summed E-state index contributed by atoms with van der Waals surface area (Å²) in [6.07, 6.45) is -0.0156. The Hall–Kier alpha value is -1.08. The lowest BCUT2D eigenvalue weighted by Crippen LogP contribution is -2.41. The number of amides is 1. The van der Waals surface area contributed by atoms with Gasteiger partial charge in [0.25, 0.3) is 0 Å². The molecule has 106 valence electrons. The van der Waals surface area contributed by atoms with Crippen molar-refractivity contribution in [2.75, 3.05) is 5.75 Å². The van der Waals surface area contributed by atoms with E-state index in [1.807, 2.05) is 20.8 Å². The number of carboxylic acid groups (broad SMARTS) is 1. The Bertz CT molecular complexity index is 478. The van der Waals surface area contributed by atoms with E-state index in [4.69, 9.17) is 5.11 Å². The number of aryl methyl sites for hydroxylation is 1. The second kappa shape index (κ2) is 6.38. The summed E-state index contributed by atoms with van der Waals surface area (Å²) in [6.45, 7) is 7.56. The zero-order valence-corrected chi connectivity index (χ0v) is 13.1. The van der Waals surface area contributed by atoms with Crippen molar-refractivity contribution in [2.24, 2.45) is 0 Å². The highest BCUT2D eigenvalue weighted by atomic mass is 32.2. The highest BCUT2D eigenvalue weighted by Gasteiger charge is 2.16. The topological polar surface area (TPSA) is 79.3 Å². The highest BCUT2D eigenvalue weighted by Crippen LogP contribution is 2.27. The van der Waals surface area contributed by atoms with Gasteiger partial charge in [0, 0.05) is 10.4 Å². The van der Waals surface area contributed by atoms with Crippen molar-refractivity contribution in [2.45, 2.75) is 44.0 Å². The van der Waals surface area contributed by atoms with Gasteiger partial charge in [-0.1, -0.05) is 11.8 Å². The fraction of sp³-hybridized carbons (Fsp3) is 0.583. The summed E-state index contributed by atoms with van der Waals surface area (Å²) in [6, 6.07) is 0. The second-order valence-corrected chi connectivity index (χ2v) is 7.45. The average Bonchev–Trinajstić information content (AvgIpc) is 2.53. The quantitative estimate of drug-likeness (QED) is 0.814. The smallest absolute Gasteiger partial charge is 0.308 e. The van der Waals surface area contributed by atoms with Crippen molar-refractivity contribution in [3.05, 3.63) is 10.6 Å². The number of hydrogen-bond donors (Lipinski definition) is 2. The van der Waals surface area contributed by atoms with E-state index in [9.17, 15) is 9.59 Å². The molecule has 0 atom stereocenters. The van der Waals surface area contributed by atoms with E-state index in [0.717, 1.165) is 14.9 Å². The molecule has 1 heterocycles. The molecule has 7 heteroatoms. The molecule has 0 bridgehead atoms. The van der Waals surface area contributed by atoms with E-state index < -0.39 is 5.97 Å². The summed E-state index contributed by atoms with van der Waals surface area (Å²) in [5.41, 5.74) is 0.483. The first kappa shape index (κ1) is 16.0. The van der Waals surface area contributed by atoms with Crippen LogP contribution in [0.4, 0.5) is 0 Å². The number of thioether (sulfide) groups is 1. The van der Waals surface area contributed by atoms with Crippen LogP contribution in [0.2, 0.25) is 0 Å². The number of nitrogens with one attached hydrogen (secondary N) is 1. The SMILES string of the molecule is Cc1nc(SCC(=O)NC(C)(C)C)sc1CC(=O)O. The molecule has 1 rings (SSSR count). The van der Waals surface area contributed by atoms with Crippen LogP contribution in [0.15, 0.2) is 4.34 Å². The molecule has 0 unspecified atom stereocenters. The van der Waals surface area contributed by atoms with Crippen LogP contribution in [0.25, 0.3) is 0 Å². The summed E-state index contributed by atoms with van der Waals surface area (Å²) in [7, 11) is 0. The van der Waals surface area contributed by atoms with Crippen molar-refractivity contribution < 1.29 is 14.7 Å². The minimum Gasteiger partial charge on any atom is -0.481 e. The van der Waals surface area contributed by atoms with E-state index in [2.05, 4.69) is 10.3 Å². The lowest BCUT2D eigenvalue weighted by Gasteiger charge is -2.19. The van der Waals surface area contributed by atoms with E-state index >= 15 is 0 Å². The molecule has 0 aliphatic carbocycles. The maximum Gasteiger partial charge on any atom is 0.308 e. The Morgan fingerprint density at radius 1 is 1.42 bits per heavy atom. The number of hydrogen-bond acceptors (Lipinski definition) is 5. The molecular weight excluding hydrogens is 284 g/mol. The minimum absolute atomic E-state index is 0.0156. The Morgan fingerprint density at radius 2 is 2.05 bits per heavy atom. The van der Waals surface area contributed by atoms with Gasteiger partial charge >= 0.3 is 5.97 Å². The lowest BCUT2D eigenvalue weighted by molar-refractivity contribution is -0.136. The van der Waals surface area contributed by atoms with E-state index in [-0.39, 0.29) is 23.6 Å². The van der Waals surface area contributed by atoms with Gasteiger partial charge in [0.1, 0.15) is 0 Å². The van der Waals surface area contributed by atoms with Crippen LogP contribution in [0, 0.1) is 6.92 Å². The van der Waals surface area contributed by atoms with Crippen LogP contribution in [0.5, 0.6) is 0 Å². The molecule has 2 N–H and O–H groups in total. The maximum atomic E-state index is 11.7. The minimum atomic E-state index is -0.867. The summed E-state index contributed by atoms with van der Waals surface area (Å²) >= 11 is 2.67. The van der Waals surface area contributed by atoms with Crippen LogP contribution in [0.3, 0.4) is 0 Å². The molecule has 0 aliphatic heterocycles. The number of rotatable bonds is 5. The predicted octanol–water partition coefficient (Wildman–Crippen LogP) is 2.09. The fourth-order valence-electron chi connectivity index (χ4n) is 1.35. The van der Waals surface area contributed by atoms with Gasteiger partial charge in [0.2, 0.25) is 5.91 Å². The normalized spacial score (nSPS) is 11.4. The van der Waals surface area contributed by atoms with Crippen LogP contribution in [0.1, 0.15) is 31.3 Å². The molecule has 0 saturated carbocycles. The summed E-state index contributed by atoms with van der Waals surface area (Å²) < 4.78 is 0.734. The van der Waals surface area contributed by atoms with Gasteiger partial charge in [-0.05, 0) is 27.7 Å². The lowest BCUT2D eigenvalue weighted by atomic mass is 10.1. The molecule has 0 aliphatic rings. The monoisotopic (exact) mass is 302 g/mol. The molecule has 0 radical (unpaired) electrons. The molecule has 0 spiro atoms. The molecule has 0 fully saturated rings. The Labute approximate surface area is 120 Å². The van der Waals surface area contributed by atoms with Crippen LogP contribution in [-0.4, -0.2) is 33.3 Å². The zero-order valence-electron chi connectivity index (χ0n) is 11.4. The van der Waals surface area contributed by atoms with Crippen LogP contribution < -0.4 is 5.32 Å². The third-order valence-electron chi connectivity index (χ3n) is 2.03. The molecular formula is C12H18N2O3S2. The Morgan fingerprint density at radius 3 is 2.58 bits per heavy atom. The number of aromatic nitrogens is 1. The van der Waals surface area contributed by atoms with Crippen molar-refractivity contribution in [1.82, 2.24) is 10.3 Å². The average molecular weight is 302 g/mol. The van der Waals surface area contributed by atoms with Crippen LogP contribution >= 0.6 is 23.1 Å². The molecule has 0 saturated heterocycles. The number of nitrogens with zero attached hydrogens (tertiary/aromatic N) is 1. The summed E-state index contributed by atoms with van der Waals surface area (Å²) in [4.78, 5) is 27.3. The molecule has 1 amide bonds. The van der Waals surface area contributed by atoms with Gasteiger partial charge in [0.05, 0.1) is 17.9 Å². The van der Waals surface area contributed by atoms with Gasteiger partial charge in [-0.2, -0.15) is 0 Å². The predicted molar refractivity (Wildman–Crippen MR) is 76.8 cm³/mol. The molecule has 19 heavy (non-hydrogen) atoms. The Kier molecular flexibility index (Phi) is 5.37. The van der Waals surface area contributed by atoms with Crippen molar-refractivity contribution in [3.63, 3.8) is 0 Å². The first-order valence-corrected chi connectivity index (χ1v) is 7.59. The largest absolute Gasteiger partial charge is 0.481 e. The number of aliphatic carboxylic acids is 1. The number of thiazole rings is 1. The van der Waals surface area contributed by atoms with Crippen LogP contribution in [-0.2, 0) is 16.0 Å². The number of carboxylic acids is 1. The summed E-state index contributed by atoms with van der Waals surface area (Å²) in [5.74, 6) is -0.629. The second-order valence-electron chi connectivity index (χ2n) is 5.15. The van der Waals surface area contributed by atoms with Gasteiger partial charge < -0.3 is 10.4 Å². The third-order valence-corrected chi connectivity index (χ3v) is 4.33. The van der Waals surface area contributed by atoms with Gasteiger partial charge in [-0.3, -0.25) is 9.59 Å². The molecule has 1 aromatic heterocycles. The van der Waals surface area contributed by atoms with Gasteiger partial charge in [-0.25, -0.2) is 4.98 Å². The molecule has 1 aromatic rings. The highest BCUT2D eigenvalue weighted by molar-refractivity contribution is 8.01. The Balaban J connectivity index is 2.54.